The smallest absolute Gasteiger partial charge is 0.343 e. The second-order valence-electron chi connectivity index (χ2n) is 6.91. The highest BCUT2D eigenvalue weighted by atomic mass is 16.6. The highest BCUT2D eigenvalue weighted by Crippen LogP contribution is 2.53. The SMILES string of the molecule is CCOC(=O)[C@H]1O[C@@]2(Nc3ccc([N+](=O)[O-])cc3)CCCC[C@@]2(C)C1=O. The Balaban J connectivity index is 1.92. The first kappa shape index (κ1) is 18.3. The number of Topliss-reactive ketones (excluding diaryl/α,β-unsaturated/α-hetero) is 1. The van der Waals surface area contributed by atoms with Crippen molar-refractivity contribution in [3.63, 3.8) is 0 Å². The number of benzene rings is 1. The van der Waals surface area contributed by atoms with E-state index in [4.69, 9.17) is 9.47 Å². The molecule has 1 saturated heterocycles. The molecule has 1 aliphatic carbocycles. The number of nitrogens with one attached hydrogen (secondary N) is 1. The Morgan fingerprint density at radius 3 is 2.62 bits per heavy atom. The number of esters is 1. The average Bonchev–Trinajstić information content (AvgIpc) is 2.84. The van der Waals surface area contributed by atoms with Crippen molar-refractivity contribution in [2.24, 2.45) is 5.41 Å². The molecule has 3 atom stereocenters. The summed E-state index contributed by atoms with van der Waals surface area (Å²) >= 11 is 0. The van der Waals surface area contributed by atoms with E-state index >= 15 is 0 Å². The van der Waals surface area contributed by atoms with Gasteiger partial charge in [0, 0.05) is 17.8 Å². The Morgan fingerprint density at radius 1 is 1.35 bits per heavy atom. The molecule has 1 heterocycles. The van der Waals surface area contributed by atoms with Gasteiger partial charge in [-0.3, -0.25) is 14.9 Å². The third-order valence-electron chi connectivity index (χ3n) is 5.37. The quantitative estimate of drug-likeness (QED) is 0.371. The van der Waals surface area contributed by atoms with E-state index in [0.717, 1.165) is 12.8 Å². The van der Waals surface area contributed by atoms with Crippen LogP contribution in [0.5, 0.6) is 0 Å². The van der Waals surface area contributed by atoms with Crippen LogP contribution in [0, 0.1) is 15.5 Å². The van der Waals surface area contributed by atoms with Crippen LogP contribution in [0.1, 0.15) is 39.5 Å². The average molecular weight is 362 g/mol. The van der Waals surface area contributed by atoms with E-state index in [-0.39, 0.29) is 18.1 Å². The van der Waals surface area contributed by atoms with Crippen molar-refractivity contribution in [2.75, 3.05) is 11.9 Å². The summed E-state index contributed by atoms with van der Waals surface area (Å²) in [6.45, 7) is 3.66. The molecule has 8 heteroatoms. The van der Waals surface area contributed by atoms with Gasteiger partial charge in [0.15, 0.2) is 11.5 Å². The standard InChI is InChI=1S/C18H22N2O6/c1-3-25-16(22)14-15(21)17(2)10-4-5-11-18(17,26-14)19-12-6-8-13(9-7-12)20(23)24/h6-9,14,19H,3-5,10-11H2,1-2H3/t14-,17-,18-/m0/s1. The van der Waals surface area contributed by atoms with Gasteiger partial charge in [0.05, 0.1) is 16.9 Å². The molecule has 140 valence electrons. The lowest BCUT2D eigenvalue weighted by atomic mass is 9.67. The van der Waals surface area contributed by atoms with Crippen LogP contribution in [-0.2, 0) is 19.1 Å². The van der Waals surface area contributed by atoms with E-state index in [0.29, 0.717) is 18.5 Å². The predicted octanol–water partition coefficient (Wildman–Crippen LogP) is 2.81. The fraction of sp³-hybridized carbons (Fsp3) is 0.556. The summed E-state index contributed by atoms with van der Waals surface area (Å²) in [4.78, 5) is 35.5. The summed E-state index contributed by atoms with van der Waals surface area (Å²) in [6.07, 6.45) is 1.62. The predicted molar refractivity (Wildman–Crippen MR) is 92.5 cm³/mol. The van der Waals surface area contributed by atoms with Gasteiger partial charge in [-0.15, -0.1) is 0 Å². The molecule has 1 aromatic rings. The number of nitro benzene ring substituents is 1. The first-order valence-corrected chi connectivity index (χ1v) is 8.74. The highest BCUT2D eigenvalue weighted by Gasteiger charge is 2.65. The van der Waals surface area contributed by atoms with Crippen molar-refractivity contribution in [2.45, 2.75) is 51.4 Å². The zero-order valence-electron chi connectivity index (χ0n) is 14.8. The monoisotopic (exact) mass is 362 g/mol. The molecule has 8 nitrogen and oxygen atoms in total. The van der Waals surface area contributed by atoms with Gasteiger partial charge in [-0.2, -0.15) is 0 Å². The molecule has 0 unspecified atom stereocenters. The first-order valence-electron chi connectivity index (χ1n) is 8.74. The molecule has 0 aromatic heterocycles. The lowest BCUT2D eigenvalue weighted by Crippen LogP contribution is -2.54. The van der Waals surface area contributed by atoms with E-state index in [9.17, 15) is 19.7 Å². The Morgan fingerprint density at radius 2 is 2.00 bits per heavy atom. The normalized spacial score (nSPS) is 30.5. The van der Waals surface area contributed by atoms with Crippen molar-refractivity contribution in [1.29, 1.82) is 0 Å². The summed E-state index contributed by atoms with van der Waals surface area (Å²) in [6, 6.07) is 5.93. The van der Waals surface area contributed by atoms with Crippen molar-refractivity contribution in [3.8, 4) is 0 Å². The topological polar surface area (TPSA) is 108 Å². The summed E-state index contributed by atoms with van der Waals surface area (Å²) in [7, 11) is 0. The largest absolute Gasteiger partial charge is 0.464 e. The van der Waals surface area contributed by atoms with Crippen LogP contribution in [0.15, 0.2) is 24.3 Å². The van der Waals surface area contributed by atoms with Crippen LogP contribution in [-0.4, -0.2) is 35.1 Å². The lowest BCUT2D eigenvalue weighted by molar-refractivity contribution is -0.384. The van der Waals surface area contributed by atoms with Crippen LogP contribution < -0.4 is 5.32 Å². The van der Waals surface area contributed by atoms with E-state index in [1.807, 2.05) is 6.92 Å². The molecule has 1 aliphatic heterocycles. The van der Waals surface area contributed by atoms with Crippen LogP contribution in [0.25, 0.3) is 0 Å². The van der Waals surface area contributed by atoms with Gasteiger partial charge in [0.25, 0.3) is 5.69 Å². The fourth-order valence-electron chi connectivity index (χ4n) is 3.89. The number of carbonyl (C=O) groups excluding carboxylic acids is 2. The molecule has 3 rings (SSSR count). The summed E-state index contributed by atoms with van der Waals surface area (Å²) in [5, 5.41) is 14.1. The number of nitrogens with zero attached hydrogens (tertiary/aromatic N) is 1. The van der Waals surface area contributed by atoms with Gasteiger partial charge in [-0.05, 0) is 45.2 Å². The van der Waals surface area contributed by atoms with Gasteiger partial charge in [0.1, 0.15) is 0 Å². The first-order chi connectivity index (χ1) is 12.3. The Labute approximate surface area is 151 Å². The van der Waals surface area contributed by atoms with Crippen LogP contribution in [0.4, 0.5) is 11.4 Å². The van der Waals surface area contributed by atoms with E-state index in [1.54, 1.807) is 19.1 Å². The maximum absolute atomic E-state index is 13.0. The minimum absolute atomic E-state index is 0.0210. The number of hydrogen-bond acceptors (Lipinski definition) is 7. The zero-order chi connectivity index (χ0) is 18.9. The number of non-ortho nitro benzene ring substituents is 1. The van der Waals surface area contributed by atoms with Gasteiger partial charge in [0.2, 0.25) is 6.10 Å². The second-order valence-corrected chi connectivity index (χ2v) is 6.91. The van der Waals surface area contributed by atoms with E-state index in [1.165, 1.54) is 12.1 Å². The fourth-order valence-corrected chi connectivity index (χ4v) is 3.89. The third kappa shape index (κ3) is 2.84. The van der Waals surface area contributed by atoms with E-state index < -0.39 is 28.1 Å². The van der Waals surface area contributed by atoms with Gasteiger partial charge < -0.3 is 14.8 Å². The van der Waals surface area contributed by atoms with Gasteiger partial charge >= 0.3 is 5.97 Å². The van der Waals surface area contributed by atoms with Crippen LogP contribution >= 0.6 is 0 Å². The number of carbonyl (C=O) groups is 2. The van der Waals surface area contributed by atoms with Gasteiger partial charge in [-0.1, -0.05) is 6.42 Å². The number of ketones is 1. The molecular formula is C18H22N2O6. The number of nitro groups is 1. The number of anilines is 1. The molecule has 0 spiro atoms. The molecule has 1 aromatic carbocycles. The van der Waals surface area contributed by atoms with Crippen LogP contribution in [0.2, 0.25) is 0 Å². The summed E-state index contributed by atoms with van der Waals surface area (Å²) in [5.41, 5.74) is -1.33. The number of ether oxygens (including phenoxy) is 2. The summed E-state index contributed by atoms with van der Waals surface area (Å²) < 4.78 is 11.0. The Bertz CT molecular complexity index is 734. The second kappa shape index (κ2) is 6.68. The summed E-state index contributed by atoms with van der Waals surface area (Å²) in [5.74, 6) is -0.942. The van der Waals surface area contributed by atoms with Gasteiger partial charge in [-0.25, -0.2) is 4.79 Å². The van der Waals surface area contributed by atoms with Crippen molar-refractivity contribution < 1.29 is 24.0 Å². The number of fused-ring (bicyclic) bond motifs is 1. The minimum atomic E-state index is -1.25. The minimum Gasteiger partial charge on any atom is -0.464 e. The zero-order valence-corrected chi connectivity index (χ0v) is 14.8. The molecule has 1 saturated carbocycles. The molecule has 2 fully saturated rings. The van der Waals surface area contributed by atoms with E-state index in [2.05, 4.69) is 5.32 Å². The number of hydrogen-bond donors (Lipinski definition) is 1. The molecule has 26 heavy (non-hydrogen) atoms. The maximum atomic E-state index is 13.0. The van der Waals surface area contributed by atoms with Crippen molar-refractivity contribution in [3.05, 3.63) is 34.4 Å². The maximum Gasteiger partial charge on any atom is 0.343 e. The Hall–Kier alpha value is -2.48. The molecule has 0 radical (unpaired) electrons. The molecule has 0 amide bonds. The molecule has 0 bridgehead atoms. The highest BCUT2D eigenvalue weighted by molar-refractivity contribution is 6.07. The third-order valence-corrected chi connectivity index (χ3v) is 5.37. The molecule has 1 N–H and O–H groups in total. The van der Waals surface area contributed by atoms with Crippen molar-refractivity contribution in [1.82, 2.24) is 0 Å². The van der Waals surface area contributed by atoms with Crippen LogP contribution in [0.3, 0.4) is 0 Å². The number of rotatable bonds is 5. The molecule has 2 aliphatic rings. The Kier molecular flexibility index (Phi) is 4.70. The molecular weight excluding hydrogens is 340 g/mol. The lowest BCUT2D eigenvalue weighted by Gasteiger charge is -2.45. The van der Waals surface area contributed by atoms with Crippen molar-refractivity contribution >= 4 is 23.1 Å².